The third-order valence-electron chi connectivity index (χ3n) is 6.36. The van der Waals surface area contributed by atoms with Crippen LogP contribution < -0.4 is 14.4 Å². The summed E-state index contributed by atoms with van der Waals surface area (Å²) in [5.74, 6) is -0.573. The van der Waals surface area contributed by atoms with Gasteiger partial charge in [0, 0.05) is 17.1 Å². The molecule has 0 bridgehead atoms. The van der Waals surface area contributed by atoms with Crippen LogP contribution in [0.3, 0.4) is 0 Å². The molecule has 3 aromatic rings. The highest BCUT2D eigenvalue weighted by atomic mass is 35.5. The van der Waals surface area contributed by atoms with Crippen molar-refractivity contribution in [3.8, 4) is 5.75 Å². The highest BCUT2D eigenvalue weighted by Crippen LogP contribution is 2.34. The van der Waals surface area contributed by atoms with E-state index in [9.17, 15) is 18.0 Å². The summed E-state index contributed by atoms with van der Waals surface area (Å²) in [6.45, 7) is 8.76. The van der Waals surface area contributed by atoms with E-state index in [0.717, 1.165) is 15.4 Å². The van der Waals surface area contributed by atoms with Crippen molar-refractivity contribution in [2.45, 2.75) is 64.1 Å². The van der Waals surface area contributed by atoms with Crippen molar-refractivity contribution < 1.29 is 22.7 Å². The molecule has 41 heavy (non-hydrogen) atoms. The molecule has 3 aromatic carbocycles. The van der Waals surface area contributed by atoms with Gasteiger partial charge in [0.2, 0.25) is 11.8 Å². The molecule has 0 aliphatic heterocycles. The lowest BCUT2D eigenvalue weighted by Gasteiger charge is -2.35. The highest BCUT2D eigenvalue weighted by Gasteiger charge is 2.35. The molecule has 1 N–H and O–H groups in total. The molecule has 2 amide bonds. The number of carbonyl (C=O) groups excluding carboxylic acids is 2. The molecule has 220 valence electrons. The van der Waals surface area contributed by atoms with Crippen LogP contribution in [-0.2, 0) is 26.2 Å². The Hall–Kier alpha value is -3.56. The van der Waals surface area contributed by atoms with Gasteiger partial charge in [-0.2, -0.15) is 0 Å². The van der Waals surface area contributed by atoms with Crippen LogP contribution in [0.2, 0.25) is 5.02 Å². The Morgan fingerprint density at radius 2 is 1.63 bits per heavy atom. The third-order valence-corrected chi connectivity index (χ3v) is 8.39. The normalized spacial score (nSPS) is 12.4. The van der Waals surface area contributed by atoms with Crippen molar-refractivity contribution in [2.75, 3.05) is 18.0 Å². The van der Waals surface area contributed by atoms with Gasteiger partial charge in [-0.3, -0.25) is 13.9 Å². The molecule has 0 aliphatic carbocycles. The monoisotopic (exact) mass is 599 g/mol. The first-order valence-corrected chi connectivity index (χ1v) is 15.2. The van der Waals surface area contributed by atoms with Crippen LogP contribution in [0.25, 0.3) is 0 Å². The van der Waals surface area contributed by atoms with Crippen molar-refractivity contribution in [3.63, 3.8) is 0 Å². The zero-order valence-electron chi connectivity index (χ0n) is 24.3. The predicted molar refractivity (Wildman–Crippen MR) is 163 cm³/mol. The molecule has 0 aliphatic rings. The van der Waals surface area contributed by atoms with E-state index in [1.54, 1.807) is 60.7 Å². The lowest BCUT2D eigenvalue weighted by molar-refractivity contribution is -0.141. The number of hydrogen-bond donors (Lipinski definition) is 1. The lowest BCUT2D eigenvalue weighted by Crippen LogP contribution is -2.55. The quantitative estimate of drug-likeness (QED) is 0.311. The van der Waals surface area contributed by atoms with E-state index in [2.05, 4.69) is 5.32 Å². The number of ether oxygens (including phenoxy) is 1. The number of methoxy groups -OCH3 is 1. The van der Waals surface area contributed by atoms with Crippen molar-refractivity contribution in [3.05, 3.63) is 88.9 Å². The van der Waals surface area contributed by atoms with Gasteiger partial charge in [-0.15, -0.1) is 0 Å². The number of nitrogens with one attached hydrogen (secondary N) is 1. The fourth-order valence-electron chi connectivity index (χ4n) is 4.39. The topological polar surface area (TPSA) is 96.0 Å². The largest absolute Gasteiger partial charge is 0.495 e. The van der Waals surface area contributed by atoms with Crippen LogP contribution in [0.5, 0.6) is 5.75 Å². The van der Waals surface area contributed by atoms with E-state index < -0.39 is 34.1 Å². The van der Waals surface area contributed by atoms with Gasteiger partial charge in [0.15, 0.2) is 0 Å². The summed E-state index contributed by atoms with van der Waals surface area (Å²) < 4.78 is 34.6. The zero-order chi connectivity index (χ0) is 30.4. The van der Waals surface area contributed by atoms with E-state index in [4.69, 9.17) is 16.3 Å². The number of aryl methyl sites for hydroxylation is 1. The highest BCUT2D eigenvalue weighted by molar-refractivity contribution is 7.92. The molecule has 0 saturated heterocycles. The number of nitrogens with zero attached hydrogens (tertiary/aromatic N) is 2. The summed E-state index contributed by atoms with van der Waals surface area (Å²) in [4.78, 5) is 29.1. The predicted octanol–water partition coefficient (Wildman–Crippen LogP) is 5.57. The number of benzene rings is 3. The van der Waals surface area contributed by atoms with Gasteiger partial charge < -0.3 is 15.0 Å². The Labute approximate surface area is 248 Å². The molecule has 0 spiro atoms. The zero-order valence-corrected chi connectivity index (χ0v) is 25.9. The van der Waals surface area contributed by atoms with Gasteiger partial charge in [-0.25, -0.2) is 8.42 Å². The lowest BCUT2D eigenvalue weighted by atomic mass is 10.1. The second-order valence-corrected chi connectivity index (χ2v) is 13.1. The van der Waals surface area contributed by atoms with Gasteiger partial charge in [-0.1, -0.05) is 54.9 Å². The molecule has 0 unspecified atom stereocenters. The van der Waals surface area contributed by atoms with E-state index in [1.165, 1.54) is 24.1 Å². The first-order chi connectivity index (χ1) is 19.3. The van der Waals surface area contributed by atoms with E-state index >= 15 is 0 Å². The van der Waals surface area contributed by atoms with Crippen LogP contribution in [0, 0.1) is 6.92 Å². The maximum Gasteiger partial charge on any atom is 0.264 e. The molecule has 0 radical (unpaired) electrons. The van der Waals surface area contributed by atoms with Gasteiger partial charge in [-0.05, 0) is 81.6 Å². The number of amides is 2. The van der Waals surface area contributed by atoms with Gasteiger partial charge in [0.25, 0.3) is 10.0 Å². The molecule has 1 atom stereocenters. The van der Waals surface area contributed by atoms with Crippen LogP contribution >= 0.6 is 11.6 Å². The molecule has 3 rings (SSSR count). The second kappa shape index (κ2) is 13.4. The van der Waals surface area contributed by atoms with E-state index in [-0.39, 0.29) is 23.0 Å². The van der Waals surface area contributed by atoms with Gasteiger partial charge >= 0.3 is 0 Å². The summed E-state index contributed by atoms with van der Waals surface area (Å²) >= 11 is 6.08. The molecule has 0 fully saturated rings. The van der Waals surface area contributed by atoms with E-state index in [0.29, 0.717) is 17.2 Å². The van der Waals surface area contributed by atoms with Crippen molar-refractivity contribution in [1.82, 2.24) is 10.2 Å². The van der Waals surface area contributed by atoms with Gasteiger partial charge in [0.1, 0.15) is 18.3 Å². The number of rotatable bonds is 11. The van der Waals surface area contributed by atoms with Crippen LogP contribution in [-0.4, -0.2) is 50.4 Å². The van der Waals surface area contributed by atoms with E-state index in [1.807, 2.05) is 34.6 Å². The standard InChI is InChI=1S/C31H38ClN3O5S/c1-7-26(30(37)33-31(3,4)5)34(20-23-14-16-24(32)17-15-23)29(36)21-35(27-19-22(2)13-18-28(27)40-6)41(38,39)25-11-9-8-10-12-25/h8-19,26H,7,20-21H2,1-6H3,(H,33,37)/t26-/m1/s1. The van der Waals surface area contributed by atoms with Crippen molar-refractivity contribution in [2.24, 2.45) is 0 Å². The minimum atomic E-state index is -4.20. The first kappa shape index (κ1) is 32.0. The Kier molecular flexibility index (Phi) is 10.4. The SMILES string of the molecule is CC[C@H](C(=O)NC(C)(C)C)N(Cc1ccc(Cl)cc1)C(=O)CN(c1cc(C)ccc1OC)S(=O)(=O)c1ccccc1. The maximum absolute atomic E-state index is 14.2. The third kappa shape index (κ3) is 8.24. The number of halogens is 1. The summed E-state index contributed by atoms with van der Waals surface area (Å²) in [5, 5.41) is 3.50. The second-order valence-electron chi connectivity index (χ2n) is 10.8. The Bertz CT molecular complexity index is 1460. The van der Waals surface area contributed by atoms with Crippen LogP contribution in [0.1, 0.15) is 45.2 Å². The van der Waals surface area contributed by atoms with Crippen molar-refractivity contribution in [1.29, 1.82) is 0 Å². The number of anilines is 1. The van der Waals surface area contributed by atoms with Crippen LogP contribution in [0.15, 0.2) is 77.7 Å². The smallest absolute Gasteiger partial charge is 0.264 e. The molecular formula is C31H38ClN3O5S. The number of hydrogen-bond acceptors (Lipinski definition) is 5. The molecule has 0 aromatic heterocycles. The molecule has 8 nitrogen and oxygen atoms in total. The Morgan fingerprint density at radius 1 is 1.00 bits per heavy atom. The summed E-state index contributed by atoms with van der Waals surface area (Å²) in [5.41, 5.74) is 1.23. The Morgan fingerprint density at radius 3 is 2.20 bits per heavy atom. The average molecular weight is 600 g/mol. The van der Waals surface area contributed by atoms with Gasteiger partial charge in [0.05, 0.1) is 17.7 Å². The minimum absolute atomic E-state index is 0.0260. The number of sulfonamides is 1. The molecule has 0 heterocycles. The average Bonchev–Trinajstić information content (AvgIpc) is 2.92. The first-order valence-electron chi connectivity index (χ1n) is 13.3. The molecule has 0 saturated carbocycles. The number of carbonyl (C=O) groups is 2. The summed E-state index contributed by atoms with van der Waals surface area (Å²) in [6, 6.07) is 19.2. The molecule has 10 heteroatoms. The summed E-state index contributed by atoms with van der Waals surface area (Å²) in [7, 11) is -2.76. The molecular weight excluding hydrogens is 562 g/mol. The fraction of sp³-hybridized carbons (Fsp3) is 0.355. The Balaban J connectivity index is 2.12. The summed E-state index contributed by atoms with van der Waals surface area (Å²) in [6.07, 6.45) is 0.320. The minimum Gasteiger partial charge on any atom is -0.495 e. The van der Waals surface area contributed by atoms with Crippen LogP contribution in [0.4, 0.5) is 5.69 Å². The fourth-order valence-corrected chi connectivity index (χ4v) is 5.95. The maximum atomic E-state index is 14.2. The van der Waals surface area contributed by atoms with Crippen molar-refractivity contribution >= 4 is 39.1 Å².